The molecule has 22 heavy (non-hydrogen) atoms. The van der Waals surface area contributed by atoms with E-state index in [1.807, 2.05) is 42.5 Å². The molecule has 0 aliphatic rings. The maximum absolute atomic E-state index is 10.2. The SMILES string of the molecule is O=[PH+]c1ccccc1.Oc1ccccc1.Oc1ccccc1. The van der Waals surface area contributed by atoms with E-state index in [1.165, 1.54) is 0 Å². The van der Waals surface area contributed by atoms with Crippen LogP contribution in [0.1, 0.15) is 0 Å². The maximum atomic E-state index is 10.2. The van der Waals surface area contributed by atoms with Crippen molar-refractivity contribution in [2.75, 3.05) is 0 Å². The van der Waals surface area contributed by atoms with Gasteiger partial charge in [-0.25, -0.2) is 0 Å². The van der Waals surface area contributed by atoms with Crippen LogP contribution in [0.4, 0.5) is 0 Å². The monoisotopic (exact) mass is 313 g/mol. The third-order valence-corrected chi connectivity index (χ3v) is 2.97. The van der Waals surface area contributed by atoms with Crippen LogP contribution in [0.15, 0.2) is 91.0 Å². The molecule has 1 unspecified atom stereocenters. The first-order valence-corrected chi connectivity index (χ1v) is 7.54. The number of aromatic hydroxyl groups is 2. The van der Waals surface area contributed by atoms with Crippen molar-refractivity contribution in [3.8, 4) is 11.5 Å². The van der Waals surface area contributed by atoms with Crippen LogP contribution < -0.4 is 5.30 Å². The minimum atomic E-state index is -0.320. The summed E-state index contributed by atoms with van der Waals surface area (Å²) in [6.07, 6.45) is 0. The fraction of sp³-hybridized carbons (Fsp3) is 0. The lowest BCUT2D eigenvalue weighted by Gasteiger charge is -1.82. The average Bonchev–Trinajstić information content (AvgIpc) is 2.58. The fourth-order valence-electron chi connectivity index (χ4n) is 1.36. The van der Waals surface area contributed by atoms with Crippen molar-refractivity contribution in [1.82, 2.24) is 0 Å². The second-order valence-electron chi connectivity index (χ2n) is 4.14. The molecule has 0 spiro atoms. The van der Waals surface area contributed by atoms with Crippen LogP contribution >= 0.6 is 8.46 Å². The zero-order chi connectivity index (χ0) is 16.0. The Kier molecular flexibility index (Phi) is 8.76. The average molecular weight is 313 g/mol. The molecule has 0 heterocycles. The highest BCUT2D eigenvalue weighted by Crippen LogP contribution is 2.03. The highest BCUT2D eigenvalue weighted by molar-refractivity contribution is 7.34. The van der Waals surface area contributed by atoms with Gasteiger partial charge >= 0.3 is 8.46 Å². The smallest absolute Gasteiger partial charge is 0.363 e. The lowest BCUT2D eigenvalue weighted by atomic mass is 10.3. The predicted molar refractivity (Wildman–Crippen MR) is 91.3 cm³/mol. The second-order valence-corrected chi connectivity index (χ2v) is 4.92. The van der Waals surface area contributed by atoms with Crippen LogP contribution in [0.25, 0.3) is 0 Å². The molecule has 3 nitrogen and oxygen atoms in total. The number of phenols is 2. The molecule has 0 aliphatic heterocycles. The van der Waals surface area contributed by atoms with Gasteiger partial charge in [0.1, 0.15) is 11.5 Å². The molecule has 1 atom stereocenters. The quantitative estimate of drug-likeness (QED) is 0.664. The minimum absolute atomic E-state index is 0.320. The number of rotatable bonds is 1. The lowest BCUT2D eigenvalue weighted by Crippen LogP contribution is -1.84. The molecule has 0 amide bonds. The summed E-state index contributed by atoms with van der Waals surface area (Å²) in [6.45, 7) is 0. The van der Waals surface area contributed by atoms with E-state index in [-0.39, 0.29) is 8.46 Å². The molecular formula is C18H18O3P+. The number of phenolic OH excluding ortho intramolecular Hbond substituents is 2. The summed E-state index contributed by atoms with van der Waals surface area (Å²) in [5.41, 5.74) is 0. The van der Waals surface area contributed by atoms with E-state index in [9.17, 15) is 4.57 Å². The van der Waals surface area contributed by atoms with Gasteiger partial charge in [-0.05, 0) is 36.4 Å². The lowest BCUT2D eigenvalue weighted by molar-refractivity contribution is 0.475. The highest BCUT2D eigenvalue weighted by Gasteiger charge is 1.91. The van der Waals surface area contributed by atoms with E-state index in [4.69, 9.17) is 10.2 Å². The third kappa shape index (κ3) is 8.51. The summed E-state index contributed by atoms with van der Waals surface area (Å²) in [4.78, 5) is 0. The Bertz CT molecular complexity index is 591. The van der Waals surface area contributed by atoms with Crippen molar-refractivity contribution in [3.63, 3.8) is 0 Å². The molecule has 0 aromatic heterocycles. The number of benzene rings is 3. The Morgan fingerprint density at radius 1 is 0.545 bits per heavy atom. The van der Waals surface area contributed by atoms with Gasteiger partial charge in [0.2, 0.25) is 0 Å². The van der Waals surface area contributed by atoms with Gasteiger partial charge in [0.25, 0.3) is 0 Å². The molecular weight excluding hydrogens is 295 g/mol. The summed E-state index contributed by atoms with van der Waals surface area (Å²) in [7, 11) is -0.320. The first-order valence-electron chi connectivity index (χ1n) is 6.63. The van der Waals surface area contributed by atoms with Crippen LogP contribution in [0.5, 0.6) is 11.5 Å². The molecule has 0 fully saturated rings. The molecule has 2 N–H and O–H groups in total. The summed E-state index contributed by atoms with van der Waals surface area (Å²) in [5, 5.41) is 18.1. The van der Waals surface area contributed by atoms with E-state index in [0.717, 1.165) is 5.30 Å². The van der Waals surface area contributed by atoms with Crippen molar-refractivity contribution < 1.29 is 14.8 Å². The third-order valence-electron chi connectivity index (χ3n) is 2.40. The zero-order valence-corrected chi connectivity index (χ0v) is 13.0. The first-order chi connectivity index (χ1) is 10.7. The highest BCUT2D eigenvalue weighted by atomic mass is 31.1. The van der Waals surface area contributed by atoms with Gasteiger partial charge in [-0.15, -0.1) is 0 Å². The molecule has 3 aromatic rings. The van der Waals surface area contributed by atoms with Crippen molar-refractivity contribution >= 4 is 13.8 Å². The molecule has 3 aromatic carbocycles. The van der Waals surface area contributed by atoms with E-state index in [1.54, 1.807) is 48.5 Å². The van der Waals surface area contributed by atoms with Crippen molar-refractivity contribution in [3.05, 3.63) is 91.0 Å². The van der Waals surface area contributed by atoms with Crippen LogP contribution in [0, 0.1) is 0 Å². The van der Waals surface area contributed by atoms with Gasteiger partial charge in [-0.1, -0.05) is 59.2 Å². The van der Waals surface area contributed by atoms with Gasteiger partial charge < -0.3 is 10.2 Å². The van der Waals surface area contributed by atoms with Crippen molar-refractivity contribution in [2.45, 2.75) is 0 Å². The van der Waals surface area contributed by atoms with Crippen LogP contribution in [0.2, 0.25) is 0 Å². The minimum Gasteiger partial charge on any atom is -0.508 e. The van der Waals surface area contributed by atoms with E-state index >= 15 is 0 Å². The number of para-hydroxylation sites is 2. The topological polar surface area (TPSA) is 57.5 Å². The molecule has 0 saturated carbocycles. The zero-order valence-electron chi connectivity index (χ0n) is 12.0. The van der Waals surface area contributed by atoms with E-state index in [2.05, 4.69) is 0 Å². The standard InChI is InChI=1S/C6H5OP.2C6H6O/c7-8-6-4-2-1-3-5-6;2*7-6-4-2-1-3-5-6/h1-5H;2*1-5,7H/p+1. The van der Waals surface area contributed by atoms with Gasteiger partial charge in [0.15, 0.2) is 5.30 Å². The molecule has 0 radical (unpaired) electrons. The summed E-state index contributed by atoms with van der Waals surface area (Å²) < 4.78 is 10.2. The van der Waals surface area contributed by atoms with Crippen LogP contribution in [-0.4, -0.2) is 10.2 Å². The fourth-order valence-corrected chi connectivity index (χ4v) is 1.69. The Balaban J connectivity index is 0.000000166. The molecule has 112 valence electrons. The molecule has 0 bridgehead atoms. The Morgan fingerprint density at radius 3 is 1.05 bits per heavy atom. The Labute approximate surface area is 131 Å². The summed E-state index contributed by atoms with van der Waals surface area (Å²) in [6, 6.07) is 26.8. The number of hydrogen-bond donors (Lipinski definition) is 2. The van der Waals surface area contributed by atoms with Crippen molar-refractivity contribution in [1.29, 1.82) is 0 Å². The second kappa shape index (κ2) is 11.1. The number of hydrogen-bond acceptors (Lipinski definition) is 3. The van der Waals surface area contributed by atoms with Gasteiger partial charge in [0.05, 0.1) is 0 Å². The maximum Gasteiger partial charge on any atom is 0.363 e. The molecule has 3 rings (SSSR count). The Morgan fingerprint density at radius 2 is 0.864 bits per heavy atom. The van der Waals surface area contributed by atoms with Crippen LogP contribution in [-0.2, 0) is 4.57 Å². The van der Waals surface area contributed by atoms with E-state index in [0.29, 0.717) is 11.5 Å². The van der Waals surface area contributed by atoms with Crippen LogP contribution in [0.3, 0.4) is 0 Å². The Hall–Kier alpha value is -2.64. The van der Waals surface area contributed by atoms with Gasteiger partial charge in [0, 0.05) is 0 Å². The van der Waals surface area contributed by atoms with Gasteiger partial charge in [-0.3, -0.25) is 0 Å². The largest absolute Gasteiger partial charge is 0.508 e. The predicted octanol–water partition coefficient (Wildman–Crippen LogP) is 4.12. The van der Waals surface area contributed by atoms with Gasteiger partial charge in [-0.2, -0.15) is 0 Å². The summed E-state index contributed by atoms with van der Waals surface area (Å²) in [5.74, 6) is 0.644. The van der Waals surface area contributed by atoms with E-state index < -0.39 is 0 Å². The normalized spacial score (nSPS) is 8.91. The first kappa shape index (κ1) is 17.4. The molecule has 0 aliphatic carbocycles. The summed E-state index contributed by atoms with van der Waals surface area (Å²) >= 11 is 0. The van der Waals surface area contributed by atoms with Crippen molar-refractivity contribution in [2.24, 2.45) is 0 Å². The molecule has 0 saturated heterocycles. The molecule has 4 heteroatoms.